The second-order valence-electron chi connectivity index (χ2n) is 6.43. The minimum atomic E-state index is -2.83. The average molecular weight is 499 g/mol. The Labute approximate surface area is 170 Å². The predicted octanol–water partition coefficient (Wildman–Crippen LogP) is 2.02. The first kappa shape index (κ1) is 20.9. The van der Waals surface area contributed by atoms with Crippen molar-refractivity contribution in [1.82, 2.24) is 10.6 Å². The van der Waals surface area contributed by atoms with Crippen LogP contribution in [0.5, 0.6) is 0 Å². The second-order valence-corrected chi connectivity index (χ2v) is 9.69. The highest BCUT2D eigenvalue weighted by Gasteiger charge is 2.28. The fourth-order valence-electron chi connectivity index (χ4n) is 3.02. The molecule has 1 atom stereocenters. The topological polar surface area (TPSA) is 79.8 Å². The summed E-state index contributed by atoms with van der Waals surface area (Å²) in [5.74, 6) is 1.56. The van der Waals surface area contributed by atoms with Crippen molar-refractivity contribution in [3.05, 3.63) is 22.4 Å². The molecule has 25 heavy (non-hydrogen) atoms. The molecule has 0 spiro atoms. The average Bonchev–Trinajstić information content (AvgIpc) is 3.20. The highest BCUT2D eigenvalue weighted by Crippen LogP contribution is 2.17. The third kappa shape index (κ3) is 7.03. The molecule has 2 saturated heterocycles. The molecular weight excluding hydrogens is 473 g/mol. The van der Waals surface area contributed by atoms with Gasteiger partial charge in [0.2, 0.25) is 0 Å². The van der Waals surface area contributed by atoms with E-state index in [0.717, 1.165) is 38.4 Å². The summed E-state index contributed by atoms with van der Waals surface area (Å²) in [6, 6.07) is 4.46. The smallest absolute Gasteiger partial charge is 0.191 e. The van der Waals surface area contributed by atoms with Gasteiger partial charge >= 0.3 is 0 Å². The molecule has 3 heterocycles. The lowest BCUT2D eigenvalue weighted by atomic mass is 10.1. The Bertz CT molecular complexity index is 644. The van der Waals surface area contributed by atoms with Crippen molar-refractivity contribution in [2.75, 3.05) is 31.3 Å². The van der Waals surface area contributed by atoms with Crippen molar-refractivity contribution >= 4 is 51.1 Å². The molecule has 6 nitrogen and oxygen atoms in total. The van der Waals surface area contributed by atoms with Crippen molar-refractivity contribution in [2.24, 2.45) is 10.9 Å². The Balaban J connectivity index is 0.00000225. The van der Waals surface area contributed by atoms with Crippen LogP contribution in [-0.4, -0.2) is 51.7 Å². The summed E-state index contributed by atoms with van der Waals surface area (Å²) in [6.07, 6.45) is 2.68. The molecule has 1 aromatic heterocycles. The highest BCUT2D eigenvalue weighted by molar-refractivity contribution is 14.0. The van der Waals surface area contributed by atoms with Gasteiger partial charge in [0, 0.05) is 30.7 Å². The van der Waals surface area contributed by atoms with Gasteiger partial charge in [-0.1, -0.05) is 6.07 Å². The molecule has 2 fully saturated rings. The largest absolute Gasteiger partial charge is 0.381 e. The van der Waals surface area contributed by atoms with E-state index in [4.69, 9.17) is 4.74 Å². The molecule has 1 aromatic rings. The normalized spacial score (nSPS) is 23.8. The number of thiophene rings is 1. The SMILES string of the molecule is I.O=S1(=O)CCC(CNC(=NCc2cccs2)NC2CCOCC2)C1. The quantitative estimate of drug-likeness (QED) is 0.368. The number of rotatable bonds is 5. The minimum absolute atomic E-state index is 0. The van der Waals surface area contributed by atoms with Crippen molar-refractivity contribution in [1.29, 1.82) is 0 Å². The first-order valence-corrected chi connectivity index (χ1v) is 11.2. The van der Waals surface area contributed by atoms with E-state index in [-0.39, 0.29) is 35.6 Å². The van der Waals surface area contributed by atoms with Gasteiger partial charge in [-0.15, -0.1) is 35.3 Å². The fraction of sp³-hybridized carbons (Fsp3) is 0.688. The lowest BCUT2D eigenvalue weighted by molar-refractivity contribution is 0.0822. The zero-order valence-electron chi connectivity index (χ0n) is 14.1. The summed E-state index contributed by atoms with van der Waals surface area (Å²) in [7, 11) is -2.83. The number of hydrogen-bond acceptors (Lipinski definition) is 5. The van der Waals surface area contributed by atoms with Gasteiger partial charge in [-0.3, -0.25) is 0 Å². The maximum Gasteiger partial charge on any atom is 0.191 e. The number of halogens is 1. The van der Waals surface area contributed by atoms with Gasteiger partial charge in [-0.2, -0.15) is 0 Å². The van der Waals surface area contributed by atoms with Crippen LogP contribution in [0.3, 0.4) is 0 Å². The number of nitrogens with one attached hydrogen (secondary N) is 2. The number of ether oxygens (including phenoxy) is 1. The van der Waals surface area contributed by atoms with E-state index < -0.39 is 9.84 Å². The predicted molar refractivity (Wildman–Crippen MR) is 113 cm³/mol. The van der Waals surface area contributed by atoms with Gasteiger partial charge in [0.05, 0.1) is 18.1 Å². The van der Waals surface area contributed by atoms with E-state index in [2.05, 4.69) is 21.7 Å². The van der Waals surface area contributed by atoms with Gasteiger partial charge in [0.25, 0.3) is 0 Å². The van der Waals surface area contributed by atoms with E-state index in [1.165, 1.54) is 4.88 Å². The zero-order valence-corrected chi connectivity index (χ0v) is 18.1. The van der Waals surface area contributed by atoms with E-state index >= 15 is 0 Å². The van der Waals surface area contributed by atoms with Crippen LogP contribution >= 0.6 is 35.3 Å². The molecule has 2 N–H and O–H groups in total. The monoisotopic (exact) mass is 499 g/mol. The van der Waals surface area contributed by atoms with Crippen LogP contribution in [0.4, 0.5) is 0 Å². The second kappa shape index (κ2) is 10.1. The minimum Gasteiger partial charge on any atom is -0.381 e. The van der Waals surface area contributed by atoms with Crippen molar-refractivity contribution in [3.8, 4) is 0 Å². The van der Waals surface area contributed by atoms with Gasteiger partial charge in [0.1, 0.15) is 0 Å². The van der Waals surface area contributed by atoms with Crippen molar-refractivity contribution in [2.45, 2.75) is 31.8 Å². The number of sulfone groups is 1. The molecule has 2 aliphatic rings. The summed E-state index contributed by atoms with van der Waals surface area (Å²) in [5, 5.41) is 8.87. The number of hydrogen-bond donors (Lipinski definition) is 2. The summed E-state index contributed by atoms with van der Waals surface area (Å²) in [4.78, 5) is 5.89. The molecule has 0 aliphatic carbocycles. The van der Waals surface area contributed by atoms with Crippen LogP contribution in [0, 0.1) is 5.92 Å². The summed E-state index contributed by atoms with van der Waals surface area (Å²) in [6.45, 7) is 2.84. The lowest BCUT2D eigenvalue weighted by Gasteiger charge is -2.25. The number of aliphatic imine (C=N–C) groups is 1. The van der Waals surface area contributed by atoms with E-state index in [1.54, 1.807) is 11.3 Å². The Hall–Kier alpha value is -0.390. The van der Waals surface area contributed by atoms with Gasteiger partial charge < -0.3 is 15.4 Å². The van der Waals surface area contributed by atoms with Gasteiger partial charge in [0.15, 0.2) is 15.8 Å². The molecule has 0 radical (unpaired) electrons. The number of guanidine groups is 1. The first-order chi connectivity index (χ1) is 11.6. The molecule has 1 unspecified atom stereocenters. The summed E-state index contributed by atoms with van der Waals surface area (Å²) >= 11 is 1.69. The Kier molecular flexibility index (Phi) is 8.43. The van der Waals surface area contributed by atoms with Gasteiger partial charge in [-0.05, 0) is 36.6 Å². The molecule has 0 saturated carbocycles. The molecule has 0 aromatic carbocycles. The molecule has 0 amide bonds. The standard InChI is InChI=1S/C16H25N3O3S2.HI/c20-24(21)9-5-13(12-24)10-17-16(18-11-15-2-1-8-23-15)19-14-3-6-22-7-4-14;/h1-2,8,13-14H,3-7,9-12H2,(H2,17,18,19);1H. The molecule has 2 aliphatic heterocycles. The number of nitrogens with zero attached hydrogens (tertiary/aromatic N) is 1. The highest BCUT2D eigenvalue weighted by atomic mass is 127. The molecule has 0 bridgehead atoms. The third-order valence-corrected chi connectivity index (χ3v) is 7.12. The molecule has 9 heteroatoms. The van der Waals surface area contributed by atoms with Crippen LogP contribution in [0.2, 0.25) is 0 Å². The first-order valence-electron chi connectivity index (χ1n) is 8.46. The summed E-state index contributed by atoms with van der Waals surface area (Å²) in [5.41, 5.74) is 0. The summed E-state index contributed by atoms with van der Waals surface area (Å²) < 4.78 is 28.6. The molecular formula is C16H26IN3O3S2. The van der Waals surface area contributed by atoms with Crippen molar-refractivity contribution < 1.29 is 13.2 Å². The van der Waals surface area contributed by atoms with Crippen LogP contribution in [0.25, 0.3) is 0 Å². The van der Waals surface area contributed by atoms with Crippen LogP contribution in [0.15, 0.2) is 22.5 Å². The van der Waals surface area contributed by atoms with Crippen LogP contribution in [0.1, 0.15) is 24.1 Å². The molecule has 3 rings (SSSR count). The van der Waals surface area contributed by atoms with Gasteiger partial charge in [-0.25, -0.2) is 13.4 Å². The van der Waals surface area contributed by atoms with E-state index in [9.17, 15) is 8.42 Å². The Morgan fingerprint density at radius 1 is 1.32 bits per heavy atom. The Morgan fingerprint density at radius 2 is 2.12 bits per heavy atom. The maximum atomic E-state index is 11.6. The molecule has 142 valence electrons. The fourth-order valence-corrected chi connectivity index (χ4v) is 5.51. The van der Waals surface area contributed by atoms with Crippen LogP contribution in [-0.2, 0) is 21.1 Å². The van der Waals surface area contributed by atoms with Crippen molar-refractivity contribution in [3.63, 3.8) is 0 Å². The van der Waals surface area contributed by atoms with E-state index in [0.29, 0.717) is 24.9 Å². The lowest BCUT2D eigenvalue weighted by Crippen LogP contribution is -2.47. The Morgan fingerprint density at radius 3 is 2.76 bits per heavy atom. The third-order valence-electron chi connectivity index (χ3n) is 4.42. The zero-order chi connectivity index (χ0) is 16.8. The van der Waals surface area contributed by atoms with E-state index in [1.807, 2.05) is 11.4 Å². The van der Waals surface area contributed by atoms with Crippen LogP contribution < -0.4 is 10.6 Å². The maximum absolute atomic E-state index is 11.6.